The molecule has 1 N–H and O–H groups in total. The minimum Gasteiger partial charge on any atom is -0.466 e. The van der Waals surface area contributed by atoms with Crippen molar-refractivity contribution in [2.75, 3.05) is 18.0 Å². The minimum absolute atomic E-state index is 0.0470. The van der Waals surface area contributed by atoms with Gasteiger partial charge in [0.25, 0.3) is 5.91 Å². The predicted octanol–water partition coefficient (Wildman–Crippen LogP) is 3.30. The molecule has 0 radical (unpaired) electrons. The molecular weight excluding hydrogens is 276 g/mol. The molecule has 1 aliphatic heterocycles. The zero-order valence-corrected chi connectivity index (χ0v) is 13.1. The van der Waals surface area contributed by atoms with E-state index in [-0.39, 0.29) is 5.91 Å². The highest BCUT2D eigenvalue weighted by Gasteiger charge is 2.25. The summed E-state index contributed by atoms with van der Waals surface area (Å²) in [6.07, 6.45) is 2.28. The van der Waals surface area contributed by atoms with Crippen LogP contribution in [0.5, 0.6) is 0 Å². The summed E-state index contributed by atoms with van der Waals surface area (Å²) in [4.78, 5) is 14.7. The summed E-state index contributed by atoms with van der Waals surface area (Å²) in [5, 5.41) is 3.05. The van der Waals surface area contributed by atoms with Crippen molar-refractivity contribution in [1.82, 2.24) is 5.32 Å². The number of carbonyl (C=O) groups excluding carboxylic acids is 1. The Labute approximate surface area is 131 Å². The van der Waals surface area contributed by atoms with Crippen LogP contribution >= 0.6 is 0 Å². The molecule has 1 aromatic carbocycles. The van der Waals surface area contributed by atoms with E-state index in [0.29, 0.717) is 23.9 Å². The first-order valence-electron chi connectivity index (χ1n) is 7.82. The molecule has 0 bridgehead atoms. The van der Waals surface area contributed by atoms with Gasteiger partial charge in [-0.3, -0.25) is 4.79 Å². The number of aryl methyl sites for hydroxylation is 2. The lowest BCUT2D eigenvalue weighted by Crippen LogP contribution is -2.40. The number of nitrogens with one attached hydrogen (secondary N) is 1. The van der Waals surface area contributed by atoms with Crippen molar-refractivity contribution in [2.45, 2.75) is 32.7 Å². The minimum atomic E-state index is -0.0470. The van der Waals surface area contributed by atoms with Gasteiger partial charge in [-0.1, -0.05) is 18.2 Å². The highest BCUT2D eigenvalue weighted by atomic mass is 16.3. The number of hydrogen-bond donors (Lipinski definition) is 1. The number of furan rings is 1. The quantitative estimate of drug-likeness (QED) is 0.942. The molecule has 0 spiro atoms. The Hall–Kier alpha value is -2.23. The molecule has 22 heavy (non-hydrogen) atoms. The fourth-order valence-electron chi connectivity index (χ4n) is 3.17. The van der Waals surface area contributed by atoms with E-state index in [1.165, 1.54) is 12.1 Å². The SMILES string of the molecule is Cc1cc(C(=O)NC[C@@H]2CCCN2c2ccccc2)c(C)o1. The van der Waals surface area contributed by atoms with Crippen LogP contribution in [-0.2, 0) is 0 Å². The molecule has 116 valence electrons. The Morgan fingerprint density at radius 3 is 2.77 bits per heavy atom. The van der Waals surface area contributed by atoms with Crippen molar-refractivity contribution in [3.63, 3.8) is 0 Å². The van der Waals surface area contributed by atoms with Gasteiger partial charge in [0.05, 0.1) is 5.56 Å². The number of hydrogen-bond acceptors (Lipinski definition) is 3. The van der Waals surface area contributed by atoms with Gasteiger partial charge in [0.15, 0.2) is 0 Å². The average Bonchev–Trinajstić information content (AvgIpc) is 3.12. The maximum absolute atomic E-state index is 12.3. The fraction of sp³-hybridized carbons (Fsp3) is 0.389. The maximum atomic E-state index is 12.3. The highest BCUT2D eigenvalue weighted by molar-refractivity contribution is 5.95. The summed E-state index contributed by atoms with van der Waals surface area (Å²) in [5.74, 6) is 1.41. The van der Waals surface area contributed by atoms with E-state index in [2.05, 4.69) is 34.5 Å². The number of nitrogens with zero attached hydrogens (tertiary/aromatic N) is 1. The number of amides is 1. The van der Waals surface area contributed by atoms with Gasteiger partial charge >= 0.3 is 0 Å². The van der Waals surface area contributed by atoms with E-state index in [0.717, 1.165) is 18.7 Å². The van der Waals surface area contributed by atoms with Gasteiger partial charge in [0.2, 0.25) is 0 Å². The van der Waals surface area contributed by atoms with Crippen LogP contribution in [0.25, 0.3) is 0 Å². The Balaban J connectivity index is 1.63. The average molecular weight is 298 g/mol. The Kier molecular flexibility index (Phi) is 4.18. The Morgan fingerprint density at radius 2 is 2.09 bits per heavy atom. The molecule has 1 aromatic heterocycles. The van der Waals surface area contributed by atoms with E-state index in [1.807, 2.05) is 19.9 Å². The number of carbonyl (C=O) groups is 1. The third-order valence-electron chi connectivity index (χ3n) is 4.25. The zero-order valence-electron chi connectivity index (χ0n) is 13.1. The number of benzene rings is 1. The maximum Gasteiger partial charge on any atom is 0.254 e. The summed E-state index contributed by atoms with van der Waals surface area (Å²) in [5.41, 5.74) is 1.87. The lowest BCUT2D eigenvalue weighted by molar-refractivity contribution is 0.0950. The first-order chi connectivity index (χ1) is 10.6. The van der Waals surface area contributed by atoms with Crippen molar-refractivity contribution in [3.05, 3.63) is 53.5 Å². The molecular formula is C18H22N2O2. The van der Waals surface area contributed by atoms with Crippen LogP contribution in [-0.4, -0.2) is 25.0 Å². The van der Waals surface area contributed by atoms with Gasteiger partial charge in [0, 0.05) is 24.8 Å². The van der Waals surface area contributed by atoms with E-state index < -0.39 is 0 Å². The molecule has 0 saturated carbocycles. The largest absolute Gasteiger partial charge is 0.466 e. The lowest BCUT2D eigenvalue weighted by Gasteiger charge is -2.27. The second-order valence-electron chi connectivity index (χ2n) is 5.86. The molecule has 1 atom stereocenters. The van der Waals surface area contributed by atoms with Gasteiger partial charge in [-0.25, -0.2) is 0 Å². The summed E-state index contributed by atoms with van der Waals surface area (Å²) in [7, 11) is 0. The van der Waals surface area contributed by atoms with Gasteiger partial charge < -0.3 is 14.6 Å². The van der Waals surface area contributed by atoms with E-state index in [4.69, 9.17) is 4.42 Å². The first-order valence-corrected chi connectivity index (χ1v) is 7.82. The van der Waals surface area contributed by atoms with E-state index in [1.54, 1.807) is 6.07 Å². The third-order valence-corrected chi connectivity index (χ3v) is 4.25. The van der Waals surface area contributed by atoms with Crippen molar-refractivity contribution in [1.29, 1.82) is 0 Å². The van der Waals surface area contributed by atoms with Crippen LogP contribution < -0.4 is 10.2 Å². The number of para-hydroxylation sites is 1. The van der Waals surface area contributed by atoms with Gasteiger partial charge in [-0.05, 0) is 44.9 Å². The molecule has 1 fully saturated rings. The summed E-state index contributed by atoms with van der Waals surface area (Å²) in [6, 6.07) is 12.6. The van der Waals surface area contributed by atoms with Gasteiger partial charge in [0.1, 0.15) is 11.5 Å². The molecule has 0 aliphatic carbocycles. The monoisotopic (exact) mass is 298 g/mol. The second-order valence-corrected chi connectivity index (χ2v) is 5.86. The van der Waals surface area contributed by atoms with Crippen molar-refractivity contribution < 1.29 is 9.21 Å². The van der Waals surface area contributed by atoms with Crippen LogP contribution in [0, 0.1) is 13.8 Å². The molecule has 2 aromatic rings. The summed E-state index contributed by atoms with van der Waals surface area (Å²) in [6.45, 7) is 5.40. The smallest absolute Gasteiger partial charge is 0.254 e. The molecule has 1 saturated heterocycles. The van der Waals surface area contributed by atoms with Crippen molar-refractivity contribution in [3.8, 4) is 0 Å². The molecule has 1 amide bonds. The van der Waals surface area contributed by atoms with Crippen LogP contribution in [0.1, 0.15) is 34.7 Å². The van der Waals surface area contributed by atoms with Crippen LogP contribution in [0.4, 0.5) is 5.69 Å². The molecule has 4 heteroatoms. The van der Waals surface area contributed by atoms with Crippen LogP contribution in [0.15, 0.2) is 40.8 Å². The van der Waals surface area contributed by atoms with Gasteiger partial charge in [-0.2, -0.15) is 0 Å². The molecule has 4 nitrogen and oxygen atoms in total. The molecule has 1 aliphatic rings. The zero-order chi connectivity index (χ0) is 15.5. The van der Waals surface area contributed by atoms with E-state index >= 15 is 0 Å². The summed E-state index contributed by atoms with van der Waals surface area (Å²) >= 11 is 0. The highest BCUT2D eigenvalue weighted by Crippen LogP contribution is 2.24. The fourth-order valence-corrected chi connectivity index (χ4v) is 3.17. The van der Waals surface area contributed by atoms with Crippen LogP contribution in [0.3, 0.4) is 0 Å². The standard InChI is InChI=1S/C18H22N2O2/c1-13-11-17(14(2)22-13)18(21)19-12-16-9-6-10-20(16)15-7-4-3-5-8-15/h3-5,7-8,11,16H,6,9-10,12H2,1-2H3,(H,19,21)/t16-/m0/s1. The third kappa shape index (κ3) is 3.01. The number of rotatable bonds is 4. The normalized spacial score (nSPS) is 17.7. The van der Waals surface area contributed by atoms with E-state index in [9.17, 15) is 4.79 Å². The topological polar surface area (TPSA) is 45.5 Å². The molecule has 2 heterocycles. The Morgan fingerprint density at radius 1 is 1.32 bits per heavy atom. The lowest BCUT2D eigenvalue weighted by atomic mass is 10.2. The first kappa shape index (κ1) is 14.7. The summed E-state index contributed by atoms with van der Waals surface area (Å²) < 4.78 is 5.43. The predicted molar refractivity (Wildman–Crippen MR) is 87.3 cm³/mol. The van der Waals surface area contributed by atoms with Crippen LogP contribution in [0.2, 0.25) is 0 Å². The second kappa shape index (κ2) is 6.26. The van der Waals surface area contributed by atoms with Gasteiger partial charge in [-0.15, -0.1) is 0 Å². The number of anilines is 1. The molecule has 3 rings (SSSR count). The Bertz CT molecular complexity index is 648. The van der Waals surface area contributed by atoms with Crippen molar-refractivity contribution >= 4 is 11.6 Å². The molecule has 0 unspecified atom stereocenters. The van der Waals surface area contributed by atoms with Crippen molar-refractivity contribution in [2.24, 2.45) is 0 Å².